The molecule has 1 N–H and O–H groups in total. The van der Waals surface area contributed by atoms with Gasteiger partial charge in [-0.25, -0.2) is 0 Å². The number of ketones is 1. The van der Waals surface area contributed by atoms with E-state index in [0.717, 1.165) is 24.1 Å². The van der Waals surface area contributed by atoms with E-state index in [1.807, 2.05) is 39.0 Å². The van der Waals surface area contributed by atoms with Crippen LogP contribution in [0.4, 0.5) is 5.69 Å². The molecule has 2 heterocycles. The van der Waals surface area contributed by atoms with E-state index < -0.39 is 17.7 Å². The van der Waals surface area contributed by atoms with Crippen molar-refractivity contribution in [3.05, 3.63) is 71.4 Å². The quantitative estimate of drug-likeness (QED) is 0.290. The number of methoxy groups -OCH3 is 1. The van der Waals surface area contributed by atoms with E-state index in [1.54, 1.807) is 43.5 Å². The number of aromatic nitrogens is 1. The van der Waals surface area contributed by atoms with Crippen molar-refractivity contribution in [1.29, 1.82) is 0 Å². The number of carbonyl (C=O) groups is 2. The lowest BCUT2D eigenvalue weighted by atomic mass is 9.87. The number of benzene rings is 2. The predicted octanol–water partition coefficient (Wildman–Crippen LogP) is 5.35. The van der Waals surface area contributed by atoms with Crippen LogP contribution in [0.25, 0.3) is 17.1 Å². The van der Waals surface area contributed by atoms with Crippen molar-refractivity contribution >= 4 is 23.1 Å². The van der Waals surface area contributed by atoms with E-state index in [9.17, 15) is 14.7 Å². The summed E-state index contributed by atoms with van der Waals surface area (Å²) in [5.41, 5.74) is 2.78. The van der Waals surface area contributed by atoms with Crippen LogP contribution in [0.2, 0.25) is 0 Å². The van der Waals surface area contributed by atoms with Crippen molar-refractivity contribution in [2.24, 2.45) is 5.92 Å². The van der Waals surface area contributed by atoms with Crippen molar-refractivity contribution < 1.29 is 24.0 Å². The lowest BCUT2D eigenvalue weighted by molar-refractivity contribution is -0.132. The first-order chi connectivity index (χ1) is 16.4. The van der Waals surface area contributed by atoms with Crippen LogP contribution in [-0.2, 0) is 9.59 Å². The minimum absolute atomic E-state index is 0.0117. The number of rotatable bonds is 7. The number of Topliss-reactive ketones (excluding diaryl/α,β-unsaturated/α-hetero) is 1. The van der Waals surface area contributed by atoms with Gasteiger partial charge in [-0.3, -0.25) is 14.5 Å². The Kier molecular flexibility index (Phi) is 6.54. The highest BCUT2D eigenvalue weighted by Gasteiger charge is 2.48. The molecular formula is C27H28N2O5. The van der Waals surface area contributed by atoms with Crippen molar-refractivity contribution in [3.8, 4) is 17.1 Å². The SMILES string of the molecule is CCC(CC)C1C(=C(O)c2ccc(OC)cc2)C(=O)C(=O)N1c1ccc(-c2cc(C)no2)cc1. The molecule has 176 valence electrons. The van der Waals surface area contributed by atoms with Crippen LogP contribution < -0.4 is 9.64 Å². The maximum absolute atomic E-state index is 13.2. The van der Waals surface area contributed by atoms with Gasteiger partial charge >= 0.3 is 0 Å². The van der Waals surface area contributed by atoms with Gasteiger partial charge in [-0.15, -0.1) is 0 Å². The molecule has 1 aliphatic rings. The van der Waals surface area contributed by atoms with Crippen LogP contribution >= 0.6 is 0 Å². The maximum atomic E-state index is 13.2. The fourth-order valence-electron chi connectivity index (χ4n) is 4.51. The molecule has 4 rings (SSSR count). The molecule has 7 nitrogen and oxygen atoms in total. The number of amides is 1. The van der Waals surface area contributed by atoms with Gasteiger partial charge in [-0.05, 0) is 61.4 Å². The Balaban J connectivity index is 1.79. The molecule has 1 aromatic heterocycles. The number of aliphatic hydroxyl groups excluding tert-OH is 1. The van der Waals surface area contributed by atoms with Gasteiger partial charge < -0.3 is 14.4 Å². The summed E-state index contributed by atoms with van der Waals surface area (Å²) in [5.74, 6) is -0.246. The number of anilines is 1. The average molecular weight is 461 g/mol. The number of hydrogen-bond donors (Lipinski definition) is 1. The highest BCUT2D eigenvalue weighted by Crippen LogP contribution is 2.39. The second kappa shape index (κ2) is 9.55. The molecular weight excluding hydrogens is 432 g/mol. The van der Waals surface area contributed by atoms with Gasteiger partial charge in [0, 0.05) is 22.9 Å². The number of hydrogen-bond acceptors (Lipinski definition) is 6. The smallest absolute Gasteiger partial charge is 0.299 e. The average Bonchev–Trinajstić information content (AvgIpc) is 3.41. The summed E-state index contributed by atoms with van der Waals surface area (Å²) in [6.07, 6.45) is 1.49. The summed E-state index contributed by atoms with van der Waals surface area (Å²) in [6.45, 7) is 5.90. The molecule has 1 atom stereocenters. The molecule has 0 saturated carbocycles. The molecule has 34 heavy (non-hydrogen) atoms. The zero-order chi connectivity index (χ0) is 24.4. The second-order valence-electron chi connectivity index (χ2n) is 8.40. The number of nitrogens with zero attached hydrogens (tertiary/aromatic N) is 2. The zero-order valence-electron chi connectivity index (χ0n) is 19.7. The monoisotopic (exact) mass is 460 g/mol. The molecule has 1 unspecified atom stereocenters. The van der Waals surface area contributed by atoms with Gasteiger partial charge in [0.25, 0.3) is 11.7 Å². The summed E-state index contributed by atoms with van der Waals surface area (Å²) < 4.78 is 10.5. The molecule has 7 heteroatoms. The summed E-state index contributed by atoms with van der Waals surface area (Å²) in [7, 11) is 1.56. The van der Waals surface area contributed by atoms with Gasteiger partial charge in [-0.1, -0.05) is 31.8 Å². The van der Waals surface area contributed by atoms with Crippen LogP contribution in [0.15, 0.2) is 64.7 Å². The minimum Gasteiger partial charge on any atom is -0.507 e. The molecule has 0 spiro atoms. The molecule has 1 amide bonds. The third-order valence-electron chi connectivity index (χ3n) is 6.40. The van der Waals surface area contributed by atoms with Crippen LogP contribution in [-0.4, -0.2) is 35.1 Å². The number of ether oxygens (including phenoxy) is 1. The van der Waals surface area contributed by atoms with Crippen molar-refractivity contribution in [1.82, 2.24) is 5.16 Å². The van der Waals surface area contributed by atoms with Gasteiger partial charge in [0.15, 0.2) is 5.76 Å². The van der Waals surface area contributed by atoms with E-state index in [-0.39, 0.29) is 17.3 Å². The largest absolute Gasteiger partial charge is 0.507 e. The zero-order valence-corrected chi connectivity index (χ0v) is 19.7. The molecule has 0 aliphatic carbocycles. The first-order valence-corrected chi connectivity index (χ1v) is 11.4. The van der Waals surface area contributed by atoms with E-state index in [4.69, 9.17) is 9.26 Å². The Morgan fingerprint density at radius 3 is 2.26 bits per heavy atom. The first kappa shape index (κ1) is 23.3. The van der Waals surface area contributed by atoms with Gasteiger partial charge in [-0.2, -0.15) is 0 Å². The van der Waals surface area contributed by atoms with Crippen LogP contribution in [0.1, 0.15) is 37.9 Å². The minimum atomic E-state index is -0.680. The summed E-state index contributed by atoms with van der Waals surface area (Å²) >= 11 is 0. The van der Waals surface area contributed by atoms with Gasteiger partial charge in [0.1, 0.15) is 11.5 Å². The Morgan fingerprint density at radius 2 is 1.74 bits per heavy atom. The van der Waals surface area contributed by atoms with Gasteiger partial charge in [0.2, 0.25) is 0 Å². The Hall–Kier alpha value is -3.87. The topological polar surface area (TPSA) is 92.9 Å². The third kappa shape index (κ3) is 4.09. The molecule has 1 saturated heterocycles. The van der Waals surface area contributed by atoms with Gasteiger partial charge in [0.05, 0.1) is 24.4 Å². The van der Waals surface area contributed by atoms with Crippen molar-refractivity contribution in [2.45, 2.75) is 39.7 Å². The summed E-state index contributed by atoms with van der Waals surface area (Å²) in [4.78, 5) is 28.0. The van der Waals surface area contributed by atoms with Crippen molar-refractivity contribution in [3.63, 3.8) is 0 Å². The lowest BCUT2D eigenvalue weighted by Gasteiger charge is -2.31. The number of aryl methyl sites for hydroxylation is 1. The maximum Gasteiger partial charge on any atom is 0.299 e. The molecule has 1 fully saturated rings. The van der Waals surface area contributed by atoms with E-state index in [0.29, 0.717) is 22.8 Å². The van der Waals surface area contributed by atoms with Crippen LogP contribution in [0, 0.1) is 12.8 Å². The standard InChI is InChI=1S/C27H28N2O5/c1-5-17(6-2)24-23(25(30)19-9-13-21(33-4)14-10-19)26(31)27(32)29(24)20-11-7-18(8-12-20)22-15-16(3)28-34-22/h7-15,17,24,30H,5-6H2,1-4H3. The normalized spacial score (nSPS) is 17.6. The highest BCUT2D eigenvalue weighted by molar-refractivity contribution is 6.51. The molecule has 0 radical (unpaired) electrons. The number of aliphatic hydroxyl groups is 1. The molecule has 2 aromatic carbocycles. The number of carbonyl (C=O) groups excluding carboxylic acids is 2. The van der Waals surface area contributed by atoms with E-state index in [2.05, 4.69) is 5.16 Å². The lowest BCUT2D eigenvalue weighted by Crippen LogP contribution is -2.39. The van der Waals surface area contributed by atoms with E-state index >= 15 is 0 Å². The Labute approximate surface area is 198 Å². The summed E-state index contributed by atoms with van der Waals surface area (Å²) in [6, 6.07) is 15.3. The molecule has 3 aromatic rings. The van der Waals surface area contributed by atoms with Crippen LogP contribution in [0.3, 0.4) is 0 Å². The van der Waals surface area contributed by atoms with Crippen LogP contribution in [0.5, 0.6) is 5.75 Å². The van der Waals surface area contributed by atoms with Crippen molar-refractivity contribution in [2.75, 3.05) is 12.0 Å². The second-order valence-corrected chi connectivity index (χ2v) is 8.40. The Morgan fingerprint density at radius 1 is 1.09 bits per heavy atom. The summed E-state index contributed by atoms with van der Waals surface area (Å²) in [5, 5.41) is 15.1. The third-order valence-corrected chi connectivity index (χ3v) is 6.40. The predicted molar refractivity (Wildman–Crippen MR) is 130 cm³/mol. The fourth-order valence-corrected chi connectivity index (χ4v) is 4.51. The first-order valence-electron chi connectivity index (χ1n) is 11.4. The Bertz CT molecular complexity index is 1220. The fraction of sp³-hybridized carbons (Fsp3) is 0.296. The van der Waals surface area contributed by atoms with E-state index in [1.165, 1.54) is 4.90 Å². The molecule has 1 aliphatic heterocycles. The molecule has 0 bridgehead atoms. The highest BCUT2D eigenvalue weighted by atomic mass is 16.5.